The highest BCUT2D eigenvalue weighted by molar-refractivity contribution is 5.95. The number of esters is 1. The summed E-state index contributed by atoms with van der Waals surface area (Å²) in [7, 11) is 0. The van der Waals surface area contributed by atoms with E-state index in [0.29, 0.717) is 39.5 Å². The van der Waals surface area contributed by atoms with Crippen LogP contribution in [0, 0.1) is 5.41 Å². The predicted molar refractivity (Wildman–Crippen MR) is 146 cm³/mol. The fourth-order valence-corrected chi connectivity index (χ4v) is 5.62. The smallest absolute Gasteiger partial charge is 0.343 e. The SMILES string of the molecule is CCC1(O)C(=O)OCc2c1cc1n(c2=O)Cc2c-1nc1ccc(C=N)cc1c2Oc1ccc2ccccc2c1. The molecule has 0 bridgehead atoms. The molecule has 8 nitrogen and oxygen atoms in total. The summed E-state index contributed by atoms with van der Waals surface area (Å²) in [5.41, 5.74) is 1.41. The van der Waals surface area contributed by atoms with Gasteiger partial charge >= 0.3 is 5.97 Å². The van der Waals surface area contributed by atoms with Crippen LogP contribution in [0.4, 0.5) is 0 Å². The summed E-state index contributed by atoms with van der Waals surface area (Å²) in [5.74, 6) is 0.421. The molecule has 2 aliphatic rings. The normalized spacial score (nSPS) is 17.4. The Morgan fingerprint density at radius 1 is 1.08 bits per heavy atom. The van der Waals surface area contributed by atoms with E-state index in [0.717, 1.165) is 16.2 Å². The van der Waals surface area contributed by atoms with Gasteiger partial charge in [-0.25, -0.2) is 9.78 Å². The molecule has 4 heterocycles. The first kappa shape index (κ1) is 23.3. The molecule has 0 saturated heterocycles. The highest BCUT2D eigenvalue weighted by Crippen LogP contribution is 2.44. The van der Waals surface area contributed by atoms with Gasteiger partial charge in [-0.15, -0.1) is 0 Å². The number of fused-ring (bicyclic) bond motifs is 6. The average molecular weight is 518 g/mol. The quantitative estimate of drug-likeness (QED) is 0.251. The molecule has 192 valence electrons. The number of rotatable bonds is 4. The molecule has 2 aromatic heterocycles. The van der Waals surface area contributed by atoms with Crippen molar-refractivity contribution < 1.29 is 19.4 Å². The van der Waals surface area contributed by atoms with Crippen LogP contribution in [0.2, 0.25) is 0 Å². The van der Waals surface area contributed by atoms with E-state index >= 15 is 0 Å². The minimum absolute atomic E-state index is 0.0719. The van der Waals surface area contributed by atoms with Crippen molar-refractivity contribution in [2.24, 2.45) is 0 Å². The zero-order valence-corrected chi connectivity index (χ0v) is 21.0. The lowest BCUT2D eigenvalue weighted by Gasteiger charge is -2.31. The number of hydrogen-bond acceptors (Lipinski definition) is 7. The first-order chi connectivity index (χ1) is 18.9. The van der Waals surface area contributed by atoms with Gasteiger partial charge in [-0.3, -0.25) is 4.79 Å². The van der Waals surface area contributed by atoms with Gasteiger partial charge in [0.1, 0.15) is 18.1 Å². The second kappa shape index (κ2) is 8.34. The summed E-state index contributed by atoms with van der Waals surface area (Å²) < 4.78 is 13.3. The third-order valence-electron chi connectivity index (χ3n) is 7.77. The van der Waals surface area contributed by atoms with Crippen molar-refractivity contribution in [3.05, 3.63) is 99.3 Å². The Balaban J connectivity index is 1.47. The molecule has 1 unspecified atom stereocenters. The van der Waals surface area contributed by atoms with Gasteiger partial charge in [-0.2, -0.15) is 0 Å². The number of carbonyl (C=O) groups excluding carboxylic acids is 1. The molecular formula is C31H23N3O5. The molecule has 5 aromatic rings. The van der Waals surface area contributed by atoms with E-state index in [2.05, 4.69) is 0 Å². The summed E-state index contributed by atoms with van der Waals surface area (Å²) in [6.45, 7) is 1.69. The topological polar surface area (TPSA) is 115 Å². The van der Waals surface area contributed by atoms with Gasteiger partial charge in [0.2, 0.25) is 0 Å². The van der Waals surface area contributed by atoms with Crippen molar-refractivity contribution in [3.8, 4) is 22.9 Å². The van der Waals surface area contributed by atoms with Crippen LogP contribution in [0.3, 0.4) is 0 Å². The van der Waals surface area contributed by atoms with Gasteiger partial charge in [-0.05, 0) is 53.1 Å². The number of carbonyl (C=O) groups is 1. The predicted octanol–water partition coefficient (Wildman–Crippen LogP) is 5.02. The highest BCUT2D eigenvalue weighted by atomic mass is 16.6. The molecule has 0 aliphatic carbocycles. The van der Waals surface area contributed by atoms with Gasteiger partial charge in [0.25, 0.3) is 5.56 Å². The van der Waals surface area contributed by atoms with Crippen LogP contribution >= 0.6 is 0 Å². The Hall–Kier alpha value is -4.82. The van der Waals surface area contributed by atoms with E-state index in [1.54, 1.807) is 23.6 Å². The van der Waals surface area contributed by atoms with Crippen LogP contribution in [0.5, 0.6) is 11.5 Å². The Morgan fingerprint density at radius 2 is 1.90 bits per heavy atom. The van der Waals surface area contributed by atoms with Gasteiger partial charge < -0.3 is 24.6 Å². The van der Waals surface area contributed by atoms with E-state index in [9.17, 15) is 14.7 Å². The number of aromatic nitrogens is 2. The van der Waals surface area contributed by atoms with Crippen molar-refractivity contribution >= 4 is 33.9 Å². The molecule has 7 rings (SSSR count). The summed E-state index contributed by atoms with van der Waals surface area (Å²) in [6, 6.07) is 21.0. The third-order valence-corrected chi connectivity index (χ3v) is 7.77. The zero-order chi connectivity index (χ0) is 26.9. The maximum absolute atomic E-state index is 13.7. The van der Waals surface area contributed by atoms with Crippen molar-refractivity contribution in [1.29, 1.82) is 5.41 Å². The van der Waals surface area contributed by atoms with E-state index in [1.165, 1.54) is 6.21 Å². The van der Waals surface area contributed by atoms with Crippen LogP contribution in [-0.4, -0.2) is 26.8 Å². The largest absolute Gasteiger partial charge is 0.458 e. The number of aliphatic hydroxyl groups is 1. The van der Waals surface area contributed by atoms with Gasteiger partial charge in [0.05, 0.1) is 29.0 Å². The van der Waals surface area contributed by atoms with E-state index in [1.807, 2.05) is 54.6 Å². The first-order valence-corrected chi connectivity index (χ1v) is 12.7. The molecular weight excluding hydrogens is 494 g/mol. The van der Waals surface area contributed by atoms with Crippen LogP contribution < -0.4 is 10.3 Å². The monoisotopic (exact) mass is 517 g/mol. The Labute approximate surface area is 222 Å². The molecule has 0 spiro atoms. The van der Waals surface area contributed by atoms with E-state index < -0.39 is 11.6 Å². The minimum Gasteiger partial charge on any atom is -0.458 e. The summed E-state index contributed by atoms with van der Waals surface area (Å²) in [4.78, 5) is 31.1. The Morgan fingerprint density at radius 3 is 2.69 bits per heavy atom. The maximum Gasteiger partial charge on any atom is 0.343 e. The van der Waals surface area contributed by atoms with Gasteiger partial charge in [-0.1, -0.05) is 43.3 Å². The molecule has 2 aliphatic heterocycles. The number of nitrogens with one attached hydrogen (secondary N) is 1. The molecule has 0 saturated carbocycles. The lowest BCUT2D eigenvalue weighted by atomic mass is 9.86. The van der Waals surface area contributed by atoms with E-state index in [4.69, 9.17) is 19.9 Å². The minimum atomic E-state index is -1.90. The van der Waals surface area contributed by atoms with Crippen LogP contribution in [0.1, 0.15) is 35.6 Å². The summed E-state index contributed by atoms with van der Waals surface area (Å²) in [5, 5.41) is 21.8. The summed E-state index contributed by atoms with van der Waals surface area (Å²) >= 11 is 0. The molecule has 0 radical (unpaired) electrons. The average Bonchev–Trinajstić information content (AvgIpc) is 3.33. The van der Waals surface area contributed by atoms with Crippen LogP contribution in [-0.2, 0) is 28.3 Å². The summed E-state index contributed by atoms with van der Waals surface area (Å²) in [6.07, 6.45) is 1.34. The highest BCUT2D eigenvalue weighted by Gasteiger charge is 2.45. The van der Waals surface area contributed by atoms with Crippen molar-refractivity contribution in [2.75, 3.05) is 0 Å². The number of hydrogen-bond donors (Lipinski definition) is 2. The third kappa shape index (κ3) is 3.35. The number of ether oxygens (including phenoxy) is 2. The number of pyridine rings is 2. The molecule has 8 heteroatoms. The van der Waals surface area contributed by atoms with Crippen LogP contribution in [0.15, 0.2) is 71.5 Å². The van der Waals surface area contributed by atoms with Crippen molar-refractivity contribution in [1.82, 2.24) is 9.55 Å². The van der Waals surface area contributed by atoms with Gasteiger partial charge in [0, 0.05) is 22.7 Å². The molecule has 0 fully saturated rings. The fourth-order valence-electron chi connectivity index (χ4n) is 5.62. The van der Waals surface area contributed by atoms with Crippen molar-refractivity contribution in [3.63, 3.8) is 0 Å². The number of cyclic esters (lactones) is 1. The Bertz CT molecular complexity index is 1940. The molecule has 1 atom stereocenters. The zero-order valence-electron chi connectivity index (χ0n) is 21.0. The lowest BCUT2D eigenvalue weighted by molar-refractivity contribution is -0.172. The molecule has 3 aromatic carbocycles. The standard InChI is InChI=1S/C31H23N3O5/c1-2-31(37)24-13-26-27-22(15-34(26)29(35)23(24)16-38-30(31)36)28(21-11-17(14-32)7-10-25(21)33-27)39-20-9-8-18-5-3-4-6-19(18)12-20/h3-14,32,37H,2,15-16H2,1H3. The van der Waals surface area contributed by atoms with E-state index in [-0.39, 0.29) is 36.3 Å². The molecule has 2 N–H and O–H groups in total. The number of nitrogens with zero attached hydrogens (tertiary/aromatic N) is 2. The second-order valence-electron chi connectivity index (χ2n) is 9.90. The Kier molecular flexibility index (Phi) is 4.99. The van der Waals surface area contributed by atoms with Crippen molar-refractivity contribution in [2.45, 2.75) is 32.1 Å². The maximum atomic E-state index is 13.7. The fraction of sp³-hybridized carbons (Fsp3) is 0.161. The van der Waals surface area contributed by atoms with Crippen LogP contribution in [0.25, 0.3) is 33.1 Å². The lowest BCUT2D eigenvalue weighted by Crippen LogP contribution is -2.44. The first-order valence-electron chi connectivity index (χ1n) is 12.7. The molecule has 39 heavy (non-hydrogen) atoms. The second-order valence-corrected chi connectivity index (χ2v) is 9.90. The van der Waals surface area contributed by atoms with Gasteiger partial charge in [0.15, 0.2) is 5.60 Å². The molecule has 0 amide bonds. The number of benzene rings is 3.